The van der Waals surface area contributed by atoms with Gasteiger partial charge in [-0.2, -0.15) is 0 Å². The maximum absolute atomic E-state index is 5.92. The van der Waals surface area contributed by atoms with Crippen molar-refractivity contribution in [3.63, 3.8) is 0 Å². The van der Waals surface area contributed by atoms with Gasteiger partial charge in [0.2, 0.25) is 0 Å². The van der Waals surface area contributed by atoms with Gasteiger partial charge in [-0.05, 0) is 43.1 Å². The summed E-state index contributed by atoms with van der Waals surface area (Å²) in [6, 6.07) is 0.542. The van der Waals surface area contributed by atoms with Crippen molar-refractivity contribution in [3.8, 4) is 0 Å². The minimum Gasteiger partial charge on any atom is -0.334 e. The number of imidazole rings is 1. The molecule has 1 heterocycles. The van der Waals surface area contributed by atoms with Crippen LogP contribution in [0.3, 0.4) is 0 Å². The normalized spacial score (nSPS) is 30.5. The number of hydrogen-bond acceptors (Lipinski definition) is 2. The first kappa shape index (κ1) is 12.6. The number of aromatic nitrogens is 2. The van der Waals surface area contributed by atoms with Crippen LogP contribution in [0.1, 0.15) is 46.1 Å². The summed E-state index contributed by atoms with van der Waals surface area (Å²) in [5, 5.41) is 0. The summed E-state index contributed by atoms with van der Waals surface area (Å²) in [5.74, 6) is 1.40. The van der Waals surface area contributed by atoms with Crippen LogP contribution in [0.2, 0.25) is 0 Å². The third-order valence-electron chi connectivity index (χ3n) is 4.39. The molecule has 3 atom stereocenters. The van der Waals surface area contributed by atoms with E-state index in [1.165, 1.54) is 19.3 Å². The van der Waals surface area contributed by atoms with Gasteiger partial charge in [-0.25, -0.2) is 4.98 Å². The van der Waals surface area contributed by atoms with E-state index in [0.29, 0.717) is 17.4 Å². The fourth-order valence-corrected chi connectivity index (χ4v) is 3.10. The zero-order chi connectivity index (χ0) is 12.5. The molecule has 0 bridgehead atoms. The van der Waals surface area contributed by atoms with Gasteiger partial charge in [0.15, 0.2) is 0 Å². The van der Waals surface area contributed by atoms with E-state index in [1.54, 1.807) is 0 Å². The fourth-order valence-electron chi connectivity index (χ4n) is 3.10. The van der Waals surface area contributed by atoms with E-state index < -0.39 is 0 Å². The van der Waals surface area contributed by atoms with Crippen molar-refractivity contribution in [1.82, 2.24) is 9.55 Å². The largest absolute Gasteiger partial charge is 0.334 e. The zero-order valence-corrected chi connectivity index (χ0v) is 11.3. The lowest BCUT2D eigenvalue weighted by atomic mass is 9.68. The van der Waals surface area contributed by atoms with Crippen LogP contribution in [-0.4, -0.2) is 16.1 Å². The summed E-state index contributed by atoms with van der Waals surface area (Å²) in [7, 11) is 0. The highest BCUT2D eigenvalue weighted by molar-refractivity contribution is 4.92. The highest BCUT2D eigenvalue weighted by atomic mass is 15.1. The summed E-state index contributed by atoms with van der Waals surface area (Å²) in [4.78, 5) is 4.18. The first-order valence-electron chi connectivity index (χ1n) is 6.70. The van der Waals surface area contributed by atoms with E-state index in [1.807, 2.05) is 12.5 Å². The molecule has 0 aliphatic heterocycles. The summed E-state index contributed by atoms with van der Waals surface area (Å²) in [6.07, 6.45) is 9.70. The molecule has 0 saturated heterocycles. The third-order valence-corrected chi connectivity index (χ3v) is 4.39. The van der Waals surface area contributed by atoms with Crippen molar-refractivity contribution < 1.29 is 0 Å². The molecule has 1 fully saturated rings. The molecule has 0 radical (unpaired) electrons. The average Bonchev–Trinajstić information content (AvgIpc) is 2.80. The molecular formula is C14H25N3. The molecule has 0 spiro atoms. The molecule has 0 amide bonds. The van der Waals surface area contributed by atoms with E-state index in [0.717, 1.165) is 12.5 Å². The van der Waals surface area contributed by atoms with Crippen molar-refractivity contribution in [2.75, 3.05) is 6.54 Å². The van der Waals surface area contributed by atoms with E-state index in [4.69, 9.17) is 5.73 Å². The van der Waals surface area contributed by atoms with E-state index in [2.05, 4.69) is 36.5 Å². The molecule has 1 aliphatic carbocycles. The summed E-state index contributed by atoms with van der Waals surface area (Å²) in [5.41, 5.74) is 6.32. The van der Waals surface area contributed by atoms with Gasteiger partial charge in [-0.1, -0.05) is 20.8 Å². The van der Waals surface area contributed by atoms with Crippen LogP contribution in [0.4, 0.5) is 0 Å². The molecule has 1 aromatic heterocycles. The van der Waals surface area contributed by atoms with Gasteiger partial charge in [-0.3, -0.25) is 0 Å². The molecule has 96 valence electrons. The third kappa shape index (κ3) is 2.71. The van der Waals surface area contributed by atoms with Crippen molar-refractivity contribution in [1.29, 1.82) is 0 Å². The smallest absolute Gasteiger partial charge is 0.0948 e. The minimum atomic E-state index is 0.401. The predicted octanol–water partition coefficient (Wildman–Crippen LogP) is 2.85. The topological polar surface area (TPSA) is 43.8 Å². The van der Waals surface area contributed by atoms with Crippen LogP contribution in [0.5, 0.6) is 0 Å². The molecule has 17 heavy (non-hydrogen) atoms. The molecule has 3 unspecified atom stereocenters. The lowest BCUT2D eigenvalue weighted by Crippen LogP contribution is -2.36. The first-order valence-corrected chi connectivity index (χ1v) is 6.70. The molecule has 1 saturated carbocycles. The van der Waals surface area contributed by atoms with E-state index >= 15 is 0 Å². The van der Waals surface area contributed by atoms with Crippen LogP contribution in [-0.2, 0) is 0 Å². The Bertz CT molecular complexity index is 337. The number of nitrogens with two attached hydrogens (primary N) is 1. The molecular weight excluding hydrogens is 210 g/mol. The summed E-state index contributed by atoms with van der Waals surface area (Å²) < 4.78 is 2.26. The van der Waals surface area contributed by atoms with E-state index in [-0.39, 0.29) is 0 Å². The minimum absolute atomic E-state index is 0.401. The Morgan fingerprint density at radius 3 is 2.65 bits per heavy atom. The molecule has 0 aromatic carbocycles. The van der Waals surface area contributed by atoms with Crippen LogP contribution in [0, 0.1) is 17.3 Å². The van der Waals surface area contributed by atoms with Crippen molar-refractivity contribution in [2.45, 2.75) is 46.1 Å². The van der Waals surface area contributed by atoms with Crippen LogP contribution >= 0.6 is 0 Å². The Labute approximate surface area is 104 Å². The summed E-state index contributed by atoms with van der Waals surface area (Å²) >= 11 is 0. The van der Waals surface area contributed by atoms with Crippen LogP contribution in [0.25, 0.3) is 0 Å². The quantitative estimate of drug-likeness (QED) is 0.856. The first-order chi connectivity index (χ1) is 8.02. The van der Waals surface area contributed by atoms with E-state index in [9.17, 15) is 0 Å². The standard InChI is InChI=1S/C14H25N3/c1-14(2,3)12-5-4-11(9-15)13(8-12)17-7-6-16-10-17/h6-7,10-13H,4-5,8-9,15H2,1-3H3. The van der Waals surface area contributed by atoms with Gasteiger partial charge >= 0.3 is 0 Å². The van der Waals surface area contributed by atoms with Crippen molar-refractivity contribution >= 4 is 0 Å². The van der Waals surface area contributed by atoms with Gasteiger partial charge in [0.05, 0.1) is 6.33 Å². The lowest BCUT2D eigenvalue weighted by Gasteiger charge is -2.42. The Morgan fingerprint density at radius 2 is 2.12 bits per heavy atom. The Morgan fingerprint density at radius 1 is 1.35 bits per heavy atom. The fraction of sp³-hybridized carbons (Fsp3) is 0.786. The number of hydrogen-bond donors (Lipinski definition) is 1. The van der Waals surface area contributed by atoms with Gasteiger partial charge in [0, 0.05) is 18.4 Å². The number of rotatable bonds is 2. The maximum Gasteiger partial charge on any atom is 0.0948 e. The molecule has 3 heteroatoms. The van der Waals surface area contributed by atoms with Gasteiger partial charge < -0.3 is 10.3 Å². The Hall–Kier alpha value is -0.830. The second-order valence-electron chi connectivity index (χ2n) is 6.45. The zero-order valence-electron chi connectivity index (χ0n) is 11.3. The van der Waals surface area contributed by atoms with Crippen LogP contribution in [0.15, 0.2) is 18.7 Å². The molecule has 2 rings (SSSR count). The maximum atomic E-state index is 5.92. The van der Waals surface area contributed by atoms with Gasteiger partial charge in [0.25, 0.3) is 0 Å². The molecule has 1 aliphatic rings. The second-order valence-corrected chi connectivity index (χ2v) is 6.45. The Balaban J connectivity index is 2.15. The highest BCUT2D eigenvalue weighted by Gasteiger charge is 2.35. The summed E-state index contributed by atoms with van der Waals surface area (Å²) in [6.45, 7) is 7.85. The monoisotopic (exact) mass is 235 g/mol. The molecule has 3 nitrogen and oxygen atoms in total. The SMILES string of the molecule is CC(C)(C)C1CCC(CN)C(n2ccnc2)C1. The van der Waals surface area contributed by atoms with Gasteiger partial charge in [0.1, 0.15) is 0 Å². The Kier molecular flexibility index (Phi) is 3.57. The average molecular weight is 235 g/mol. The number of nitrogens with zero attached hydrogens (tertiary/aromatic N) is 2. The van der Waals surface area contributed by atoms with Crippen molar-refractivity contribution in [3.05, 3.63) is 18.7 Å². The lowest BCUT2D eigenvalue weighted by molar-refractivity contribution is 0.105. The predicted molar refractivity (Wildman–Crippen MR) is 70.6 cm³/mol. The molecule has 1 aromatic rings. The van der Waals surface area contributed by atoms with Gasteiger partial charge in [-0.15, -0.1) is 0 Å². The van der Waals surface area contributed by atoms with Crippen molar-refractivity contribution in [2.24, 2.45) is 23.0 Å². The highest BCUT2D eigenvalue weighted by Crippen LogP contribution is 2.44. The second kappa shape index (κ2) is 4.81. The molecule has 2 N–H and O–H groups in total. The van der Waals surface area contributed by atoms with Crippen LogP contribution < -0.4 is 5.73 Å².